The summed E-state index contributed by atoms with van der Waals surface area (Å²) in [5, 5.41) is 3.05. The first-order valence-electron chi connectivity index (χ1n) is 8.10. The van der Waals surface area contributed by atoms with Crippen molar-refractivity contribution in [1.29, 1.82) is 0 Å². The van der Waals surface area contributed by atoms with Crippen LogP contribution >= 0.6 is 15.9 Å². The van der Waals surface area contributed by atoms with E-state index in [1.807, 2.05) is 6.07 Å². The molecule has 3 nitrogen and oxygen atoms in total. The zero-order chi connectivity index (χ0) is 16.4. The highest BCUT2D eigenvalue weighted by Crippen LogP contribution is 2.20. The zero-order valence-electron chi connectivity index (χ0n) is 13.6. The maximum absolute atomic E-state index is 11.8. The molecular formula is C18H26BrNO2. The molecule has 0 radical (unpaired) electrons. The Balaban J connectivity index is 2.78. The summed E-state index contributed by atoms with van der Waals surface area (Å²) in [5.41, 5.74) is 3.49. The van der Waals surface area contributed by atoms with Gasteiger partial charge in [-0.15, -0.1) is 0 Å². The monoisotopic (exact) mass is 367 g/mol. The number of carbonyl (C=O) groups is 2. The third-order valence-electron chi connectivity index (χ3n) is 3.60. The van der Waals surface area contributed by atoms with Gasteiger partial charge in [0.05, 0.1) is 11.8 Å². The van der Waals surface area contributed by atoms with Crippen LogP contribution < -0.4 is 5.32 Å². The minimum atomic E-state index is -0.243. The van der Waals surface area contributed by atoms with Crippen molar-refractivity contribution in [2.45, 2.75) is 58.8 Å². The van der Waals surface area contributed by atoms with Gasteiger partial charge in [0.2, 0.25) is 5.91 Å². The fourth-order valence-electron chi connectivity index (χ4n) is 2.35. The molecule has 22 heavy (non-hydrogen) atoms. The lowest BCUT2D eigenvalue weighted by atomic mass is 9.97. The molecular weight excluding hydrogens is 342 g/mol. The molecule has 0 unspecified atom stereocenters. The molecule has 0 saturated heterocycles. The summed E-state index contributed by atoms with van der Waals surface area (Å²) in [6, 6.07) is 6.12. The topological polar surface area (TPSA) is 46.2 Å². The molecule has 0 spiro atoms. The first kappa shape index (κ1) is 18.9. The van der Waals surface area contributed by atoms with Crippen LogP contribution in [-0.4, -0.2) is 17.0 Å². The Hall–Kier alpha value is -1.16. The quantitative estimate of drug-likeness (QED) is 0.482. The molecule has 0 bridgehead atoms. The number of amides is 1. The molecule has 4 heteroatoms. The zero-order valence-corrected chi connectivity index (χ0v) is 15.2. The van der Waals surface area contributed by atoms with Crippen molar-refractivity contribution in [2.75, 3.05) is 10.6 Å². The highest BCUT2D eigenvalue weighted by molar-refractivity contribution is 9.09. The number of aryl methyl sites for hydroxylation is 2. The molecule has 1 aromatic rings. The largest absolute Gasteiger partial charge is 0.326 e. The SMILES string of the molecule is CCCCc1ccc(NC(=O)CC(=O)CBr)cc1CCCC. The molecule has 1 aromatic carbocycles. The first-order chi connectivity index (χ1) is 10.6. The second kappa shape index (κ2) is 10.5. The molecule has 0 saturated carbocycles. The summed E-state index contributed by atoms with van der Waals surface area (Å²) >= 11 is 3.07. The van der Waals surface area contributed by atoms with Crippen molar-refractivity contribution in [1.82, 2.24) is 0 Å². The van der Waals surface area contributed by atoms with Crippen molar-refractivity contribution in [3.63, 3.8) is 0 Å². The fourth-order valence-corrected chi connectivity index (χ4v) is 2.54. The second-order valence-electron chi connectivity index (χ2n) is 5.59. The van der Waals surface area contributed by atoms with Gasteiger partial charge in [-0.1, -0.05) is 48.7 Å². The molecule has 0 fully saturated rings. The minimum Gasteiger partial charge on any atom is -0.326 e. The van der Waals surface area contributed by atoms with Crippen LogP contribution in [0.5, 0.6) is 0 Å². The van der Waals surface area contributed by atoms with Gasteiger partial charge >= 0.3 is 0 Å². The number of rotatable bonds is 10. The van der Waals surface area contributed by atoms with Crippen molar-refractivity contribution in [3.05, 3.63) is 29.3 Å². The number of halogens is 1. The lowest BCUT2D eigenvalue weighted by Crippen LogP contribution is -2.17. The van der Waals surface area contributed by atoms with Gasteiger partial charge in [-0.25, -0.2) is 0 Å². The Morgan fingerprint density at radius 2 is 1.68 bits per heavy atom. The van der Waals surface area contributed by atoms with Gasteiger partial charge < -0.3 is 5.32 Å². The van der Waals surface area contributed by atoms with E-state index in [0.29, 0.717) is 0 Å². The number of unbranched alkanes of at least 4 members (excludes halogenated alkanes) is 2. The van der Waals surface area contributed by atoms with Gasteiger partial charge in [0.15, 0.2) is 5.78 Å². The summed E-state index contributed by atoms with van der Waals surface area (Å²) in [6.07, 6.45) is 6.73. The molecule has 0 aromatic heterocycles. The molecule has 0 heterocycles. The molecule has 0 atom stereocenters. The molecule has 1 amide bonds. The van der Waals surface area contributed by atoms with Crippen LogP contribution in [0.4, 0.5) is 5.69 Å². The number of ketones is 1. The van der Waals surface area contributed by atoms with E-state index in [4.69, 9.17) is 0 Å². The number of benzene rings is 1. The van der Waals surface area contributed by atoms with Gasteiger partial charge in [-0.3, -0.25) is 9.59 Å². The Morgan fingerprint density at radius 3 is 2.27 bits per heavy atom. The molecule has 0 aliphatic carbocycles. The van der Waals surface area contributed by atoms with E-state index in [2.05, 4.69) is 47.2 Å². The standard InChI is InChI=1S/C18H26BrNO2/c1-3-5-7-14-9-10-16(11-15(14)8-6-4-2)20-18(22)12-17(21)13-19/h9-11H,3-8,12-13H2,1-2H3,(H,20,22). The summed E-state index contributed by atoms with van der Waals surface area (Å²) < 4.78 is 0. The van der Waals surface area contributed by atoms with Crippen LogP contribution in [0, 0.1) is 0 Å². The lowest BCUT2D eigenvalue weighted by Gasteiger charge is -2.12. The number of hydrogen-bond acceptors (Lipinski definition) is 2. The van der Waals surface area contributed by atoms with Crippen molar-refractivity contribution in [2.24, 2.45) is 0 Å². The summed E-state index contributed by atoms with van der Waals surface area (Å²) in [6.45, 7) is 4.38. The third-order valence-corrected chi connectivity index (χ3v) is 4.22. The normalized spacial score (nSPS) is 10.5. The average Bonchev–Trinajstić information content (AvgIpc) is 2.51. The molecule has 122 valence electrons. The van der Waals surface area contributed by atoms with E-state index >= 15 is 0 Å². The fraction of sp³-hybridized carbons (Fsp3) is 0.556. The number of hydrogen-bond donors (Lipinski definition) is 1. The highest BCUT2D eigenvalue weighted by Gasteiger charge is 2.10. The van der Waals surface area contributed by atoms with Crippen molar-refractivity contribution >= 4 is 33.3 Å². The van der Waals surface area contributed by atoms with Gasteiger partial charge in [-0.2, -0.15) is 0 Å². The Kier molecular flexibility index (Phi) is 9.05. The molecule has 0 aliphatic heterocycles. The summed E-state index contributed by atoms with van der Waals surface area (Å²) in [5.74, 6) is -0.351. The number of nitrogens with one attached hydrogen (secondary N) is 1. The Labute approximate surface area is 142 Å². The third kappa shape index (κ3) is 6.73. The predicted molar refractivity (Wildman–Crippen MR) is 95.7 cm³/mol. The van der Waals surface area contributed by atoms with Crippen molar-refractivity contribution < 1.29 is 9.59 Å². The van der Waals surface area contributed by atoms with Crippen LogP contribution in [0.25, 0.3) is 0 Å². The first-order valence-corrected chi connectivity index (χ1v) is 9.22. The minimum absolute atomic E-state index is 0.0763. The van der Waals surface area contributed by atoms with Crippen LogP contribution in [-0.2, 0) is 22.4 Å². The summed E-state index contributed by atoms with van der Waals surface area (Å²) in [4.78, 5) is 23.1. The van der Waals surface area contributed by atoms with E-state index in [1.165, 1.54) is 24.0 Å². The molecule has 1 rings (SSSR count). The molecule has 0 aliphatic rings. The number of anilines is 1. The van der Waals surface area contributed by atoms with E-state index < -0.39 is 0 Å². The van der Waals surface area contributed by atoms with Gasteiger partial charge in [0, 0.05) is 5.69 Å². The average molecular weight is 368 g/mol. The predicted octanol–water partition coefficient (Wildman–Crippen LogP) is 4.66. The number of Topliss-reactive ketones (excluding diaryl/α,β-unsaturated/α-hetero) is 1. The Morgan fingerprint density at radius 1 is 1.05 bits per heavy atom. The van der Waals surface area contributed by atoms with E-state index in [-0.39, 0.29) is 23.4 Å². The summed E-state index contributed by atoms with van der Waals surface area (Å²) in [7, 11) is 0. The van der Waals surface area contributed by atoms with Gasteiger partial charge in [-0.05, 0) is 48.9 Å². The maximum atomic E-state index is 11.8. The van der Waals surface area contributed by atoms with Crippen LogP contribution in [0.1, 0.15) is 57.1 Å². The number of alkyl halides is 1. The lowest BCUT2D eigenvalue weighted by molar-refractivity contribution is -0.123. The van der Waals surface area contributed by atoms with Crippen molar-refractivity contribution in [3.8, 4) is 0 Å². The number of carbonyl (C=O) groups excluding carboxylic acids is 2. The van der Waals surface area contributed by atoms with Crippen LogP contribution in [0.15, 0.2) is 18.2 Å². The van der Waals surface area contributed by atoms with E-state index in [1.54, 1.807) is 0 Å². The van der Waals surface area contributed by atoms with E-state index in [0.717, 1.165) is 31.4 Å². The molecule has 1 N–H and O–H groups in total. The highest BCUT2D eigenvalue weighted by atomic mass is 79.9. The van der Waals surface area contributed by atoms with Crippen LogP contribution in [0.3, 0.4) is 0 Å². The van der Waals surface area contributed by atoms with E-state index in [9.17, 15) is 9.59 Å². The van der Waals surface area contributed by atoms with Crippen LogP contribution in [0.2, 0.25) is 0 Å². The van der Waals surface area contributed by atoms with Gasteiger partial charge in [0.1, 0.15) is 0 Å². The second-order valence-corrected chi connectivity index (χ2v) is 6.15. The maximum Gasteiger partial charge on any atom is 0.231 e. The Bertz CT molecular complexity index is 500. The smallest absolute Gasteiger partial charge is 0.231 e. The van der Waals surface area contributed by atoms with Gasteiger partial charge in [0.25, 0.3) is 0 Å².